The number of nitrogens with two attached hydrogens (primary N) is 2. The molecule has 0 fully saturated rings. The third kappa shape index (κ3) is 5.32. The van der Waals surface area contributed by atoms with E-state index in [2.05, 4.69) is 15.0 Å². The van der Waals surface area contributed by atoms with Crippen LogP contribution >= 0.6 is 0 Å². The van der Waals surface area contributed by atoms with Crippen LogP contribution in [0.5, 0.6) is 0 Å². The zero-order chi connectivity index (χ0) is 24.4. The minimum Gasteiger partial charge on any atom is -0.384 e. The number of nitrogens with zero attached hydrogens (tertiary/aromatic N) is 3. The lowest BCUT2D eigenvalue weighted by atomic mass is 9.99. The molecule has 0 aliphatic heterocycles. The van der Waals surface area contributed by atoms with E-state index in [1.54, 1.807) is 0 Å². The molecule has 3 rings (SSSR count). The molecule has 0 aliphatic rings. The largest absolute Gasteiger partial charge is 0.417 e. The summed E-state index contributed by atoms with van der Waals surface area (Å²) in [5, 5.41) is 5.10. The lowest BCUT2D eigenvalue weighted by Gasteiger charge is -2.18. The number of hydrogen-bond donors (Lipinski definition) is 2. The van der Waals surface area contributed by atoms with E-state index in [0.29, 0.717) is 0 Å². The van der Waals surface area contributed by atoms with Crippen molar-refractivity contribution in [2.45, 2.75) is 17.5 Å². The predicted molar refractivity (Wildman–Crippen MR) is 112 cm³/mol. The number of carbonyl (C=O) groups is 1. The summed E-state index contributed by atoms with van der Waals surface area (Å²) in [6.07, 6.45) is -1.40. The van der Waals surface area contributed by atoms with Gasteiger partial charge >= 0.3 is 6.18 Å². The molecule has 0 bridgehead atoms. The second kappa shape index (κ2) is 9.21. The van der Waals surface area contributed by atoms with Gasteiger partial charge in [-0.25, -0.2) is 23.5 Å². The van der Waals surface area contributed by atoms with Gasteiger partial charge in [0, 0.05) is 30.6 Å². The summed E-state index contributed by atoms with van der Waals surface area (Å²) in [5.74, 6) is -0.834. The smallest absolute Gasteiger partial charge is 0.384 e. The van der Waals surface area contributed by atoms with Crippen molar-refractivity contribution in [3.63, 3.8) is 0 Å². The summed E-state index contributed by atoms with van der Waals surface area (Å²) in [4.78, 5) is 23.5. The van der Waals surface area contributed by atoms with Gasteiger partial charge in [0.1, 0.15) is 0 Å². The first-order chi connectivity index (χ1) is 15.4. The average molecular weight is 481 g/mol. The molecule has 0 radical (unpaired) electrons. The number of primary sulfonamides is 1. The van der Waals surface area contributed by atoms with Crippen LogP contribution in [0.4, 0.5) is 19.0 Å². The molecule has 33 heavy (non-hydrogen) atoms. The van der Waals surface area contributed by atoms with Crippen molar-refractivity contribution in [1.82, 2.24) is 15.0 Å². The van der Waals surface area contributed by atoms with E-state index in [-0.39, 0.29) is 46.9 Å². The number of carbonyl (C=O) groups excluding carboxylic acids is 1. The second-order valence-electron chi connectivity index (χ2n) is 6.85. The van der Waals surface area contributed by atoms with Gasteiger partial charge in [0.25, 0.3) is 0 Å². The standard InChI is InChI=1S/C20H18F3N5O4S/c1-32-6-4-11-7-13(8-15(33(25,30)31)16(11)20(21,22)23)14-10-27-19(24)17(28-14)18(29)12-3-2-5-26-9-12/h2-3,5,7-10H,4,6H2,1H3,(H2,24,27)(H2,25,30,31). The van der Waals surface area contributed by atoms with E-state index >= 15 is 0 Å². The molecule has 2 aromatic heterocycles. The third-order valence-corrected chi connectivity index (χ3v) is 5.52. The van der Waals surface area contributed by atoms with Crippen molar-refractivity contribution in [3.8, 4) is 11.3 Å². The number of anilines is 1. The molecule has 174 valence electrons. The summed E-state index contributed by atoms with van der Waals surface area (Å²) < 4.78 is 70.2. The predicted octanol–water partition coefficient (Wildman–Crippen LogP) is 2.21. The van der Waals surface area contributed by atoms with Crippen molar-refractivity contribution < 1.29 is 31.1 Å². The molecule has 0 atom stereocenters. The molecule has 0 amide bonds. The molecule has 0 unspecified atom stereocenters. The number of methoxy groups -OCH3 is 1. The number of benzene rings is 1. The van der Waals surface area contributed by atoms with Crippen LogP contribution in [-0.2, 0) is 27.4 Å². The molecule has 0 spiro atoms. The van der Waals surface area contributed by atoms with E-state index in [1.165, 1.54) is 31.6 Å². The number of nitrogen functional groups attached to an aromatic ring is 1. The van der Waals surface area contributed by atoms with E-state index in [9.17, 15) is 26.4 Å². The SMILES string of the molecule is COCCc1cc(-c2cnc(N)c(C(=O)c3cccnc3)n2)cc(S(N)(=O)=O)c1C(F)(F)F. The van der Waals surface area contributed by atoms with E-state index in [4.69, 9.17) is 15.6 Å². The van der Waals surface area contributed by atoms with Gasteiger partial charge < -0.3 is 10.5 Å². The fourth-order valence-corrected chi connectivity index (χ4v) is 3.94. The molecule has 0 saturated heterocycles. The average Bonchev–Trinajstić information content (AvgIpc) is 2.76. The Balaban J connectivity index is 2.24. The first-order valence-electron chi connectivity index (χ1n) is 9.27. The molecule has 13 heteroatoms. The van der Waals surface area contributed by atoms with Gasteiger partial charge in [-0.2, -0.15) is 13.2 Å². The minimum absolute atomic E-state index is 0.0501. The number of halogens is 3. The third-order valence-electron chi connectivity index (χ3n) is 4.58. The summed E-state index contributed by atoms with van der Waals surface area (Å²) in [6.45, 7) is -0.116. The van der Waals surface area contributed by atoms with Crippen LogP contribution in [0.1, 0.15) is 27.2 Å². The van der Waals surface area contributed by atoms with Crippen molar-refractivity contribution in [2.24, 2.45) is 5.14 Å². The summed E-state index contributed by atoms with van der Waals surface area (Å²) in [6, 6.07) is 4.85. The maximum absolute atomic E-state index is 13.8. The fraction of sp³-hybridized carbons (Fsp3) is 0.200. The van der Waals surface area contributed by atoms with E-state index < -0.39 is 32.4 Å². The Labute approximate surface area is 186 Å². The van der Waals surface area contributed by atoms with Crippen LogP contribution in [0.3, 0.4) is 0 Å². The zero-order valence-electron chi connectivity index (χ0n) is 17.1. The Morgan fingerprint density at radius 1 is 1.21 bits per heavy atom. The number of hydrogen-bond acceptors (Lipinski definition) is 8. The summed E-state index contributed by atoms with van der Waals surface area (Å²) >= 11 is 0. The highest BCUT2D eigenvalue weighted by Crippen LogP contribution is 2.39. The van der Waals surface area contributed by atoms with Gasteiger partial charge in [-0.3, -0.25) is 9.78 Å². The van der Waals surface area contributed by atoms with Crippen LogP contribution < -0.4 is 10.9 Å². The number of ketones is 1. The van der Waals surface area contributed by atoms with Crippen molar-refractivity contribution in [3.05, 3.63) is 65.2 Å². The Kier molecular flexibility index (Phi) is 6.76. The second-order valence-corrected chi connectivity index (χ2v) is 8.38. The molecular formula is C20H18F3N5O4S. The van der Waals surface area contributed by atoms with Crippen molar-refractivity contribution in [1.29, 1.82) is 0 Å². The van der Waals surface area contributed by atoms with Crippen LogP contribution in [0.2, 0.25) is 0 Å². The minimum atomic E-state index is -5.00. The highest BCUT2D eigenvalue weighted by molar-refractivity contribution is 7.89. The fourth-order valence-electron chi connectivity index (χ4n) is 3.11. The molecule has 9 nitrogen and oxygen atoms in total. The van der Waals surface area contributed by atoms with Gasteiger partial charge in [-0.15, -0.1) is 0 Å². The summed E-state index contributed by atoms with van der Waals surface area (Å²) in [5.41, 5.74) is 3.80. The van der Waals surface area contributed by atoms with Gasteiger partial charge in [0.15, 0.2) is 11.5 Å². The molecule has 2 heterocycles. The Morgan fingerprint density at radius 2 is 1.94 bits per heavy atom. The van der Waals surface area contributed by atoms with Gasteiger partial charge in [-0.1, -0.05) is 0 Å². The maximum atomic E-state index is 13.8. The monoisotopic (exact) mass is 481 g/mol. The molecule has 0 saturated carbocycles. The Morgan fingerprint density at radius 3 is 2.52 bits per heavy atom. The maximum Gasteiger partial charge on any atom is 0.417 e. The topological polar surface area (TPSA) is 151 Å². The van der Waals surface area contributed by atoms with Crippen LogP contribution in [0, 0.1) is 0 Å². The van der Waals surface area contributed by atoms with Crippen molar-refractivity contribution >= 4 is 21.6 Å². The highest BCUT2D eigenvalue weighted by Gasteiger charge is 2.39. The van der Waals surface area contributed by atoms with Gasteiger partial charge in [0.2, 0.25) is 15.8 Å². The van der Waals surface area contributed by atoms with Crippen LogP contribution in [-0.4, -0.2) is 42.9 Å². The Bertz CT molecular complexity index is 1300. The first kappa shape index (κ1) is 24.2. The Hall–Kier alpha value is -3.42. The number of rotatable bonds is 7. The van der Waals surface area contributed by atoms with E-state index in [1.807, 2.05) is 0 Å². The molecule has 1 aromatic carbocycles. The number of aromatic nitrogens is 3. The van der Waals surface area contributed by atoms with Gasteiger partial charge in [-0.05, 0) is 36.2 Å². The van der Waals surface area contributed by atoms with Crippen LogP contribution in [0.25, 0.3) is 11.3 Å². The zero-order valence-corrected chi connectivity index (χ0v) is 17.9. The number of ether oxygens (including phenoxy) is 1. The van der Waals surface area contributed by atoms with Gasteiger partial charge in [0.05, 0.1) is 29.0 Å². The lowest BCUT2D eigenvalue weighted by molar-refractivity contribution is -0.140. The number of sulfonamides is 1. The summed E-state index contributed by atoms with van der Waals surface area (Å²) in [7, 11) is -3.49. The molecular weight excluding hydrogens is 463 g/mol. The molecule has 4 N–H and O–H groups in total. The quantitative estimate of drug-likeness (QED) is 0.488. The molecule has 3 aromatic rings. The first-order valence-corrected chi connectivity index (χ1v) is 10.8. The number of alkyl halides is 3. The van der Waals surface area contributed by atoms with Crippen molar-refractivity contribution in [2.75, 3.05) is 19.5 Å². The molecule has 0 aliphatic carbocycles. The highest BCUT2D eigenvalue weighted by atomic mass is 32.2. The normalized spacial score (nSPS) is 12.0. The van der Waals surface area contributed by atoms with Crippen LogP contribution in [0.15, 0.2) is 47.8 Å². The number of pyridine rings is 1. The van der Waals surface area contributed by atoms with E-state index in [0.717, 1.165) is 18.3 Å². The lowest BCUT2D eigenvalue weighted by Crippen LogP contribution is -2.22.